The number of carboxylic acid groups (broad SMARTS) is 4. The van der Waals surface area contributed by atoms with Gasteiger partial charge in [0.15, 0.2) is 0 Å². The van der Waals surface area contributed by atoms with Crippen LogP contribution in [-0.2, 0) is 19.2 Å². The van der Waals surface area contributed by atoms with Crippen LogP contribution in [0.1, 0.15) is 0 Å². The van der Waals surface area contributed by atoms with E-state index in [1.165, 1.54) is 0 Å². The second-order valence-corrected chi connectivity index (χ2v) is 3.93. The fourth-order valence-electron chi connectivity index (χ4n) is 1.45. The predicted octanol–water partition coefficient (Wildman–Crippen LogP) is -6.08. The van der Waals surface area contributed by atoms with Crippen LogP contribution in [-0.4, -0.2) is 78.1 Å². The molecule has 21 heavy (non-hydrogen) atoms. The van der Waals surface area contributed by atoms with Crippen molar-refractivity contribution in [1.82, 2.24) is 9.80 Å². The number of hydrogen-bond donors (Lipinski definition) is 1. The molecule has 0 aromatic carbocycles. The molecular formula is C10H13GdN2O8. The Morgan fingerprint density at radius 2 is 1.00 bits per heavy atom. The Kier molecular flexibility index (Phi) is 12.5. The molecule has 11 heteroatoms. The summed E-state index contributed by atoms with van der Waals surface area (Å²) in [7, 11) is 0. The van der Waals surface area contributed by atoms with Gasteiger partial charge in [0, 0.05) is 32.7 Å². The molecule has 0 spiro atoms. The average Bonchev–Trinajstić information content (AvgIpc) is 2.22. The molecule has 10 nitrogen and oxygen atoms in total. The molecule has 0 aliphatic heterocycles. The van der Waals surface area contributed by atoms with E-state index >= 15 is 0 Å². The second-order valence-electron chi connectivity index (χ2n) is 3.93. The number of carboxylic acids is 4. The van der Waals surface area contributed by atoms with Gasteiger partial charge >= 0.3 is 45.9 Å². The van der Waals surface area contributed by atoms with E-state index in [4.69, 9.17) is 5.11 Å². The van der Waals surface area contributed by atoms with Gasteiger partial charge in [-0.15, -0.1) is 0 Å². The maximum absolute atomic E-state index is 10.5. The van der Waals surface area contributed by atoms with E-state index in [2.05, 4.69) is 0 Å². The van der Waals surface area contributed by atoms with Crippen molar-refractivity contribution in [3.8, 4) is 0 Å². The molecule has 0 aromatic rings. The van der Waals surface area contributed by atoms with Crippen LogP contribution in [0.3, 0.4) is 0 Å². The molecule has 0 amide bonds. The summed E-state index contributed by atoms with van der Waals surface area (Å²) in [4.78, 5) is 43.7. The first-order valence-electron chi connectivity index (χ1n) is 5.46. The Bertz CT molecular complexity index is 321. The van der Waals surface area contributed by atoms with Gasteiger partial charge in [0.2, 0.25) is 0 Å². The van der Waals surface area contributed by atoms with Crippen molar-refractivity contribution >= 4 is 23.9 Å². The monoisotopic (exact) mass is 447 g/mol. The minimum atomic E-state index is -1.52. The summed E-state index contributed by atoms with van der Waals surface area (Å²) in [5.74, 6) is -5.82. The van der Waals surface area contributed by atoms with Crippen LogP contribution < -0.4 is 15.3 Å². The Morgan fingerprint density at radius 1 is 0.714 bits per heavy atom. The zero-order valence-corrected chi connectivity index (χ0v) is 13.1. The van der Waals surface area contributed by atoms with Crippen molar-refractivity contribution in [1.29, 1.82) is 0 Å². The normalized spacial score (nSPS) is 10.2. The SMILES string of the molecule is O=C([O-])CN(CCN(CC(=O)[O-])CC(=O)O)CC(=O)[O-].[Gd+3]. The van der Waals surface area contributed by atoms with Gasteiger partial charge < -0.3 is 34.8 Å². The van der Waals surface area contributed by atoms with Crippen LogP contribution in [0.5, 0.6) is 0 Å². The third-order valence-electron chi connectivity index (χ3n) is 2.15. The Hall–Kier alpha value is -0.875. The van der Waals surface area contributed by atoms with Crippen molar-refractivity contribution in [3.05, 3.63) is 0 Å². The Morgan fingerprint density at radius 3 is 1.24 bits per heavy atom. The van der Waals surface area contributed by atoms with Crippen molar-refractivity contribution < 1.29 is 79.5 Å². The zero-order chi connectivity index (χ0) is 15.7. The molecule has 0 aliphatic rings. The molecule has 0 rings (SSSR count). The molecule has 0 unspecified atom stereocenters. The number of rotatable bonds is 11. The summed E-state index contributed by atoms with van der Waals surface area (Å²) < 4.78 is 0. The van der Waals surface area contributed by atoms with E-state index in [0.29, 0.717) is 0 Å². The third-order valence-corrected chi connectivity index (χ3v) is 2.15. The molecular weight excluding hydrogens is 433 g/mol. The van der Waals surface area contributed by atoms with Crippen molar-refractivity contribution in [2.75, 3.05) is 39.3 Å². The van der Waals surface area contributed by atoms with Gasteiger partial charge in [-0.3, -0.25) is 14.6 Å². The first-order valence-corrected chi connectivity index (χ1v) is 5.46. The second kappa shape index (κ2) is 11.7. The number of carbonyl (C=O) groups excluding carboxylic acids is 3. The third kappa shape index (κ3) is 13.8. The van der Waals surface area contributed by atoms with E-state index in [1.807, 2.05) is 0 Å². The minimum Gasteiger partial charge on any atom is -0.549 e. The molecule has 0 saturated heterocycles. The molecule has 1 N–H and O–H groups in total. The van der Waals surface area contributed by atoms with Crippen molar-refractivity contribution in [2.24, 2.45) is 0 Å². The van der Waals surface area contributed by atoms with Crippen LogP contribution >= 0.6 is 0 Å². The van der Waals surface area contributed by atoms with Crippen LogP contribution in [0.4, 0.5) is 0 Å². The molecule has 0 aromatic heterocycles. The van der Waals surface area contributed by atoms with Crippen LogP contribution in [0.15, 0.2) is 0 Å². The maximum atomic E-state index is 10.5. The number of nitrogens with zero attached hydrogens (tertiary/aromatic N) is 2. The molecule has 0 atom stereocenters. The van der Waals surface area contributed by atoms with Gasteiger partial charge in [-0.25, -0.2) is 0 Å². The molecule has 0 bridgehead atoms. The molecule has 0 heterocycles. The average molecular weight is 446 g/mol. The summed E-state index contributed by atoms with van der Waals surface area (Å²) in [6, 6.07) is 0. The van der Waals surface area contributed by atoms with E-state index in [9.17, 15) is 34.5 Å². The van der Waals surface area contributed by atoms with Gasteiger partial charge in [0.05, 0.1) is 24.5 Å². The Labute approximate surface area is 152 Å². The quantitative estimate of drug-likeness (QED) is 0.323. The van der Waals surface area contributed by atoms with Crippen LogP contribution in [0.2, 0.25) is 0 Å². The zero-order valence-electron chi connectivity index (χ0n) is 10.8. The van der Waals surface area contributed by atoms with E-state index < -0.39 is 50.1 Å². The van der Waals surface area contributed by atoms with E-state index in [-0.39, 0.29) is 53.0 Å². The largest absolute Gasteiger partial charge is 3.00 e. The van der Waals surface area contributed by atoms with Crippen LogP contribution in [0, 0.1) is 39.9 Å². The summed E-state index contributed by atoms with van der Waals surface area (Å²) in [5.41, 5.74) is 0. The standard InChI is InChI=1S/C10H16N2O8.Gd/c13-7(14)3-11(4-8(15)16)1-2-12(5-9(17)18)6-10(19)20;/h1-6H2,(H,13,14)(H,15,16)(H,17,18)(H,19,20);/q;+3/p-3. The number of carbonyl (C=O) groups is 4. The number of hydrogen-bond acceptors (Lipinski definition) is 9. The van der Waals surface area contributed by atoms with Crippen molar-refractivity contribution in [3.63, 3.8) is 0 Å². The smallest absolute Gasteiger partial charge is 0.549 e. The minimum absolute atomic E-state index is 0. The van der Waals surface area contributed by atoms with Gasteiger partial charge in [0.25, 0.3) is 0 Å². The fourth-order valence-corrected chi connectivity index (χ4v) is 1.45. The summed E-state index contributed by atoms with van der Waals surface area (Å²) in [5, 5.41) is 39.8. The fraction of sp³-hybridized carbons (Fsp3) is 0.600. The molecule has 0 fully saturated rings. The van der Waals surface area contributed by atoms with Gasteiger partial charge in [-0.05, 0) is 0 Å². The summed E-state index contributed by atoms with van der Waals surface area (Å²) in [6.45, 7) is -3.00. The number of aliphatic carboxylic acids is 4. The molecule has 119 valence electrons. The van der Waals surface area contributed by atoms with Gasteiger partial charge in [0.1, 0.15) is 0 Å². The molecule has 0 saturated carbocycles. The van der Waals surface area contributed by atoms with E-state index in [0.717, 1.165) is 9.80 Å². The van der Waals surface area contributed by atoms with E-state index in [1.54, 1.807) is 0 Å². The van der Waals surface area contributed by atoms with Crippen LogP contribution in [0.25, 0.3) is 0 Å². The first-order chi connectivity index (χ1) is 9.20. The Balaban J connectivity index is 0. The first kappa shape index (κ1) is 22.4. The topological polar surface area (TPSA) is 164 Å². The maximum Gasteiger partial charge on any atom is 3.00 e. The summed E-state index contributed by atoms with van der Waals surface area (Å²) >= 11 is 0. The van der Waals surface area contributed by atoms with Gasteiger partial charge in [-0.1, -0.05) is 0 Å². The summed E-state index contributed by atoms with van der Waals surface area (Å²) in [6.07, 6.45) is 0. The molecule has 1 radical (unpaired) electrons. The molecule has 0 aliphatic carbocycles. The van der Waals surface area contributed by atoms with Crippen molar-refractivity contribution in [2.45, 2.75) is 0 Å². The predicted molar refractivity (Wildman–Crippen MR) is 55.5 cm³/mol. The van der Waals surface area contributed by atoms with Gasteiger partial charge in [-0.2, -0.15) is 0 Å².